The number of amides is 2. The summed E-state index contributed by atoms with van der Waals surface area (Å²) in [5.74, 6) is -0.926. The fourth-order valence-corrected chi connectivity index (χ4v) is 4.42. The second kappa shape index (κ2) is 9.45. The van der Waals surface area contributed by atoms with Gasteiger partial charge in [0.05, 0.1) is 17.4 Å². The third-order valence-electron chi connectivity index (χ3n) is 4.48. The van der Waals surface area contributed by atoms with Gasteiger partial charge < -0.3 is 19.5 Å². The molecule has 0 radical (unpaired) electrons. The number of benzene rings is 1. The molecule has 30 heavy (non-hydrogen) atoms. The minimum Gasteiger partial charge on any atom is -0.469 e. The molecular formula is C21H22N2O6S. The van der Waals surface area contributed by atoms with E-state index < -0.39 is 26.9 Å². The van der Waals surface area contributed by atoms with E-state index in [0.29, 0.717) is 12.2 Å². The first-order chi connectivity index (χ1) is 14.4. The summed E-state index contributed by atoms with van der Waals surface area (Å²) in [7, 11) is -3.86. The Kier molecular flexibility index (Phi) is 6.73. The van der Waals surface area contributed by atoms with Gasteiger partial charge in [-0.2, -0.15) is 0 Å². The van der Waals surface area contributed by atoms with Gasteiger partial charge in [0, 0.05) is 19.5 Å². The van der Waals surface area contributed by atoms with E-state index in [0.717, 1.165) is 5.56 Å². The average Bonchev–Trinajstić information content (AvgIpc) is 3.42. The number of sulfone groups is 1. The molecule has 0 saturated carbocycles. The summed E-state index contributed by atoms with van der Waals surface area (Å²) < 4.78 is 36.6. The van der Waals surface area contributed by atoms with Crippen molar-refractivity contribution in [3.8, 4) is 0 Å². The van der Waals surface area contributed by atoms with Gasteiger partial charge in [0.15, 0.2) is 9.84 Å². The molecule has 2 aromatic heterocycles. The van der Waals surface area contributed by atoms with Crippen LogP contribution in [0, 0.1) is 6.92 Å². The topological polar surface area (TPSA) is 119 Å². The lowest BCUT2D eigenvalue weighted by atomic mass is 10.2. The van der Waals surface area contributed by atoms with E-state index in [1.54, 1.807) is 30.3 Å². The van der Waals surface area contributed by atoms with Crippen molar-refractivity contribution in [2.75, 3.05) is 13.1 Å². The van der Waals surface area contributed by atoms with E-state index in [2.05, 4.69) is 10.6 Å². The zero-order valence-electron chi connectivity index (χ0n) is 16.3. The van der Waals surface area contributed by atoms with Crippen molar-refractivity contribution in [2.24, 2.45) is 0 Å². The van der Waals surface area contributed by atoms with Gasteiger partial charge in [0.25, 0.3) is 0 Å². The summed E-state index contributed by atoms with van der Waals surface area (Å²) in [6.07, 6.45) is 3.31. The molecule has 0 bridgehead atoms. The quantitative estimate of drug-likeness (QED) is 0.529. The second-order valence-electron chi connectivity index (χ2n) is 6.66. The van der Waals surface area contributed by atoms with Gasteiger partial charge in [-0.15, -0.1) is 0 Å². The number of furan rings is 2. The third kappa shape index (κ3) is 5.18. The molecule has 0 unspecified atom stereocenters. The van der Waals surface area contributed by atoms with Crippen molar-refractivity contribution >= 4 is 21.7 Å². The van der Waals surface area contributed by atoms with E-state index in [1.165, 1.54) is 30.7 Å². The molecule has 3 aromatic rings. The van der Waals surface area contributed by atoms with Crippen molar-refractivity contribution < 1.29 is 26.8 Å². The van der Waals surface area contributed by atoms with Crippen LogP contribution >= 0.6 is 0 Å². The Balaban J connectivity index is 1.65. The fraction of sp³-hybridized carbons (Fsp3) is 0.238. The van der Waals surface area contributed by atoms with Crippen LogP contribution in [0.3, 0.4) is 0 Å². The van der Waals surface area contributed by atoms with Crippen LogP contribution in [-0.4, -0.2) is 33.3 Å². The van der Waals surface area contributed by atoms with Gasteiger partial charge in [-0.3, -0.25) is 9.59 Å². The summed E-state index contributed by atoms with van der Waals surface area (Å²) in [5.41, 5.74) is 0.919. The Labute approximate surface area is 174 Å². The number of aryl methyl sites for hydroxylation is 1. The molecule has 8 nitrogen and oxygen atoms in total. The fourth-order valence-electron chi connectivity index (χ4n) is 2.83. The van der Waals surface area contributed by atoms with E-state index in [-0.39, 0.29) is 23.7 Å². The SMILES string of the molecule is Cc1ccc(S(=O)(=O)[C@H](CNC(=O)C(=O)NCCc2ccco2)c2ccco2)cc1. The van der Waals surface area contributed by atoms with Crippen LogP contribution in [0.5, 0.6) is 0 Å². The zero-order valence-corrected chi connectivity index (χ0v) is 17.1. The molecule has 3 rings (SSSR count). The van der Waals surface area contributed by atoms with Crippen molar-refractivity contribution in [3.05, 3.63) is 78.1 Å². The molecule has 2 heterocycles. The highest BCUT2D eigenvalue weighted by atomic mass is 32.2. The Morgan fingerprint density at radius 2 is 1.60 bits per heavy atom. The lowest BCUT2D eigenvalue weighted by Crippen LogP contribution is -2.42. The van der Waals surface area contributed by atoms with Crippen molar-refractivity contribution in [2.45, 2.75) is 23.5 Å². The van der Waals surface area contributed by atoms with Crippen LogP contribution in [0.4, 0.5) is 0 Å². The second-order valence-corrected chi connectivity index (χ2v) is 8.79. The first-order valence-electron chi connectivity index (χ1n) is 9.30. The smallest absolute Gasteiger partial charge is 0.309 e. The van der Waals surface area contributed by atoms with Crippen LogP contribution in [0.25, 0.3) is 0 Å². The average molecular weight is 430 g/mol. The highest BCUT2D eigenvalue weighted by Gasteiger charge is 2.32. The number of carbonyl (C=O) groups excluding carboxylic acids is 2. The van der Waals surface area contributed by atoms with E-state index in [4.69, 9.17) is 8.83 Å². The summed E-state index contributed by atoms with van der Waals surface area (Å²) in [4.78, 5) is 24.2. The molecule has 2 N–H and O–H groups in total. The van der Waals surface area contributed by atoms with E-state index >= 15 is 0 Å². The van der Waals surface area contributed by atoms with Crippen molar-refractivity contribution in [1.82, 2.24) is 10.6 Å². The maximum Gasteiger partial charge on any atom is 0.309 e. The normalized spacial score (nSPS) is 12.3. The van der Waals surface area contributed by atoms with Gasteiger partial charge in [-0.25, -0.2) is 8.42 Å². The number of rotatable bonds is 8. The first-order valence-corrected chi connectivity index (χ1v) is 10.8. The predicted octanol–water partition coefficient (Wildman–Crippen LogP) is 2.17. The number of nitrogens with one attached hydrogen (secondary N) is 2. The summed E-state index contributed by atoms with van der Waals surface area (Å²) >= 11 is 0. The van der Waals surface area contributed by atoms with Gasteiger partial charge in [0.2, 0.25) is 0 Å². The number of hydrogen-bond donors (Lipinski definition) is 2. The van der Waals surface area contributed by atoms with E-state index in [1.807, 2.05) is 6.92 Å². The van der Waals surface area contributed by atoms with Crippen molar-refractivity contribution in [3.63, 3.8) is 0 Å². The van der Waals surface area contributed by atoms with Crippen LogP contribution in [0.15, 0.2) is 74.8 Å². The Bertz CT molecular complexity index is 1070. The van der Waals surface area contributed by atoms with Gasteiger partial charge in [-0.05, 0) is 43.3 Å². The van der Waals surface area contributed by atoms with E-state index in [9.17, 15) is 18.0 Å². The van der Waals surface area contributed by atoms with Gasteiger partial charge >= 0.3 is 11.8 Å². The molecule has 1 atom stereocenters. The summed E-state index contributed by atoms with van der Waals surface area (Å²) in [5, 5.41) is 3.69. The largest absolute Gasteiger partial charge is 0.469 e. The minimum absolute atomic E-state index is 0.103. The molecule has 2 amide bonds. The lowest BCUT2D eigenvalue weighted by molar-refractivity contribution is -0.139. The molecule has 0 aliphatic heterocycles. The van der Waals surface area contributed by atoms with Crippen LogP contribution in [-0.2, 0) is 25.8 Å². The zero-order chi connectivity index (χ0) is 21.6. The molecule has 0 aliphatic rings. The third-order valence-corrected chi connectivity index (χ3v) is 6.55. The van der Waals surface area contributed by atoms with Gasteiger partial charge in [0.1, 0.15) is 16.8 Å². The standard InChI is InChI=1S/C21H22N2O6S/c1-15-6-8-17(9-7-15)30(26,27)19(18-5-3-13-29-18)14-23-21(25)20(24)22-11-10-16-4-2-12-28-16/h2-9,12-13,19H,10-11,14H2,1H3,(H,22,24)(H,23,25)/t19-/m1/s1. The summed E-state index contributed by atoms with van der Waals surface area (Å²) in [6, 6.07) is 13.0. The van der Waals surface area contributed by atoms with Crippen LogP contribution in [0.1, 0.15) is 22.3 Å². The number of carbonyl (C=O) groups is 2. The summed E-state index contributed by atoms with van der Waals surface area (Å²) in [6.45, 7) is 1.75. The molecule has 0 saturated heterocycles. The van der Waals surface area contributed by atoms with Crippen LogP contribution < -0.4 is 10.6 Å². The molecule has 0 spiro atoms. The van der Waals surface area contributed by atoms with Crippen LogP contribution in [0.2, 0.25) is 0 Å². The maximum absolute atomic E-state index is 13.1. The molecular weight excluding hydrogens is 408 g/mol. The monoisotopic (exact) mass is 430 g/mol. The lowest BCUT2D eigenvalue weighted by Gasteiger charge is -2.16. The highest BCUT2D eigenvalue weighted by Crippen LogP contribution is 2.29. The predicted molar refractivity (Wildman–Crippen MR) is 108 cm³/mol. The first kappa shape index (κ1) is 21.4. The Morgan fingerprint density at radius 3 is 2.23 bits per heavy atom. The maximum atomic E-state index is 13.1. The Hall–Kier alpha value is -3.33. The minimum atomic E-state index is -3.86. The molecule has 9 heteroatoms. The molecule has 1 aromatic carbocycles. The molecule has 0 aliphatic carbocycles. The molecule has 158 valence electrons. The molecule has 0 fully saturated rings. The highest BCUT2D eigenvalue weighted by molar-refractivity contribution is 7.91. The van der Waals surface area contributed by atoms with Crippen molar-refractivity contribution in [1.29, 1.82) is 0 Å². The van der Waals surface area contributed by atoms with Gasteiger partial charge in [-0.1, -0.05) is 17.7 Å². The number of hydrogen-bond acceptors (Lipinski definition) is 6. The Morgan fingerprint density at radius 1 is 0.933 bits per heavy atom.